The average Bonchev–Trinajstić information content (AvgIpc) is 2.71. The summed E-state index contributed by atoms with van der Waals surface area (Å²) in [5, 5.41) is 7.30. The van der Waals surface area contributed by atoms with Gasteiger partial charge in [-0.15, -0.1) is 10.2 Å². The molecule has 0 amide bonds. The van der Waals surface area contributed by atoms with E-state index in [4.69, 9.17) is 10.7 Å². The van der Waals surface area contributed by atoms with E-state index in [9.17, 15) is 12.8 Å². The van der Waals surface area contributed by atoms with Crippen LogP contribution >= 0.6 is 33.3 Å². The number of benzene rings is 1. The van der Waals surface area contributed by atoms with Crippen LogP contribution in [0.15, 0.2) is 23.4 Å². The lowest BCUT2D eigenvalue weighted by Crippen LogP contribution is -2.12. The summed E-state index contributed by atoms with van der Waals surface area (Å²) in [6.07, 6.45) is 0. The van der Waals surface area contributed by atoms with Gasteiger partial charge < -0.3 is 0 Å². The second kappa shape index (κ2) is 6.17. The van der Waals surface area contributed by atoms with E-state index in [2.05, 4.69) is 10.2 Å². The van der Waals surface area contributed by atoms with E-state index in [1.165, 1.54) is 16.7 Å². The Morgan fingerprint density at radius 2 is 2.05 bits per heavy atom. The van der Waals surface area contributed by atoms with Gasteiger partial charge in [-0.2, -0.15) is 0 Å². The van der Waals surface area contributed by atoms with Gasteiger partial charge in [-0.1, -0.05) is 13.8 Å². The molecule has 0 N–H and O–H groups in total. The summed E-state index contributed by atoms with van der Waals surface area (Å²) in [4.78, 5) is 0. The van der Waals surface area contributed by atoms with Crippen molar-refractivity contribution in [2.75, 3.05) is 0 Å². The zero-order chi connectivity index (χ0) is 15.8. The van der Waals surface area contributed by atoms with Gasteiger partial charge in [0.2, 0.25) is 0 Å². The molecule has 0 saturated carbocycles. The SMILES string of the molecule is CC(C)Cn1c(-c2ccc(F)cc2I)nnc1S(=O)(=O)Cl. The lowest BCUT2D eigenvalue weighted by Gasteiger charge is -2.12. The van der Waals surface area contributed by atoms with Crippen molar-refractivity contribution in [3.8, 4) is 11.4 Å². The fourth-order valence-corrected chi connectivity index (χ4v) is 3.49. The lowest BCUT2D eigenvalue weighted by atomic mass is 10.2. The Morgan fingerprint density at radius 1 is 1.38 bits per heavy atom. The van der Waals surface area contributed by atoms with Crippen LogP contribution in [0, 0.1) is 15.3 Å². The van der Waals surface area contributed by atoms with E-state index < -0.39 is 9.05 Å². The summed E-state index contributed by atoms with van der Waals surface area (Å²) < 4.78 is 38.5. The van der Waals surface area contributed by atoms with Crippen LogP contribution in [0.4, 0.5) is 4.39 Å². The smallest absolute Gasteiger partial charge is 0.296 e. The van der Waals surface area contributed by atoms with Crippen molar-refractivity contribution in [1.29, 1.82) is 0 Å². The molecule has 1 aromatic heterocycles. The van der Waals surface area contributed by atoms with Crippen molar-refractivity contribution in [2.24, 2.45) is 5.92 Å². The highest BCUT2D eigenvalue weighted by atomic mass is 127. The second-order valence-electron chi connectivity index (χ2n) is 4.87. The van der Waals surface area contributed by atoms with Gasteiger partial charge in [-0.25, -0.2) is 12.8 Å². The summed E-state index contributed by atoms with van der Waals surface area (Å²) in [6, 6.07) is 4.18. The Bertz CT molecular complexity index is 777. The number of hydrogen-bond donors (Lipinski definition) is 0. The molecule has 114 valence electrons. The van der Waals surface area contributed by atoms with E-state index in [0.29, 0.717) is 21.5 Å². The topological polar surface area (TPSA) is 64.8 Å². The largest absolute Gasteiger partial charge is 0.297 e. The Balaban J connectivity index is 2.66. The van der Waals surface area contributed by atoms with Crippen LogP contribution in [-0.4, -0.2) is 23.2 Å². The Morgan fingerprint density at radius 3 is 2.57 bits per heavy atom. The molecule has 0 saturated heterocycles. The molecule has 0 spiro atoms. The van der Waals surface area contributed by atoms with Crippen LogP contribution in [-0.2, 0) is 15.6 Å². The summed E-state index contributed by atoms with van der Waals surface area (Å²) in [5.74, 6) is 0.144. The lowest BCUT2D eigenvalue weighted by molar-refractivity contribution is 0.488. The third-order valence-corrected chi connectivity index (χ3v) is 4.70. The molecule has 1 heterocycles. The minimum Gasteiger partial charge on any atom is -0.297 e. The Kier molecular flexibility index (Phi) is 4.89. The van der Waals surface area contributed by atoms with Crippen molar-refractivity contribution in [2.45, 2.75) is 25.5 Å². The molecule has 5 nitrogen and oxygen atoms in total. The van der Waals surface area contributed by atoms with Gasteiger partial charge >= 0.3 is 0 Å². The normalized spacial score (nSPS) is 12.1. The number of halogens is 3. The zero-order valence-electron chi connectivity index (χ0n) is 11.2. The van der Waals surface area contributed by atoms with Crippen molar-refractivity contribution in [3.05, 3.63) is 27.6 Å². The molecule has 2 aromatic rings. The third-order valence-electron chi connectivity index (χ3n) is 2.65. The predicted molar refractivity (Wildman–Crippen MR) is 86.0 cm³/mol. The van der Waals surface area contributed by atoms with Crippen molar-refractivity contribution >= 4 is 42.3 Å². The monoisotopic (exact) mass is 443 g/mol. The fraction of sp³-hybridized carbons (Fsp3) is 0.333. The molecule has 0 atom stereocenters. The van der Waals surface area contributed by atoms with Crippen molar-refractivity contribution in [1.82, 2.24) is 14.8 Å². The molecule has 0 aliphatic carbocycles. The van der Waals surface area contributed by atoms with Crippen LogP contribution in [0.2, 0.25) is 0 Å². The minimum absolute atomic E-state index is 0.162. The van der Waals surface area contributed by atoms with Crippen LogP contribution in [0.1, 0.15) is 13.8 Å². The maximum atomic E-state index is 13.2. The van der Waals surface area contributed by atoms with Gasteiger partial charge in [0.25, 0.3) is 14.2 Å². The zero-order valence-corrected chi connectivity index (χ0v) is 14.9. The van der Waals surface area contributed by atoms with Crippen LogP contribution < -0.4 is 0 Å². The van der Waals surface area contributed by atoms with Crippen LogP contribution in [0.3, 0.4) is 0 Å². The molecule has 0 aliphatic heterocycles. The van der Waals surface area contributed by atoms with E-state index in [1.807, 2.05) is 36.4 Å². The highest BCUT2D eigenvalue weighted by Gasteiger charge is 2.24. The second-order valence-corrected chi connectivity index (χ2v) is 8.49. The van der Waals surface area contributed by atoms with Gasteiger partial charge in [0.1, 0.15) is 5.82 Å². The summed E-state index contributed by atoms with van der Waals surface area (Å²) in [6.45, 7) is 4.26. The van der Waals surface area contributed by atoms with Crippen molar-refractivity contribution < 1.29 is 12.8 Å². The predicted octanol–water partition coefficient (Wildman–Crippen LogP) is 3.27. The molecule has 9 heteroatoms. The first-order chi connectivity index (χ1) is 9.70. The number of nitrogens with zero attached hydrogens (tertiary/aromatic N) is 3. The maximum Gasteiger partial charge on any atom is 0.296 e. The van der Waals surface area contributed by atoms with E-state index in [1.54, 1.807) is 6.07 Å². The highest BCUT2D eigenvalue weighted by molar-refractivity contribution is 14.1. The molecular weight excluding hydrogens is 432 g/mol. The minimum atomic E-state index is -4.00. The summed E-state index contributed by atoms with van der Waals surface area (Å²) in [7, 11) is 1.40. The van der Waals surface area contributed by atoms with Gasteiger partial charge in [0, 0.05) is 26.4 Å². The van der Waals surface area contributed by atoms with E-state index in [-0.39, 0.29) is 16.9 Å². The fourth-order valence-electron chi connectivity index (χ4n) is 1.87. The quantitative estimate of drug-likeness (QED) is 0.537. The average molecular weight is 444 g/mol. The molecular formula is C12H12ClFIN3O2S. The van der Waals surface area contributed by atoms with Gasteiger partial charge in [0.15, 0.2) is 5.82 Å². The van der Waals surface area contributed by atoms with Crippen molar-refractivity contribution in [3.63, 3.8) is 0 Å². The number of aromatic nitrogens is 3. The Labute approximate surface area is 140 Å². The van der Waals surface area contributed by atoms with E-state index >= 15 is 0 Å². The highest BCUT2D eigenvalue weighted by Crippen LogP contribution is 2.28. The molecule has 0 unspecified atom stereocenters. The molecule has 0 aliphatic rings. The molecule has 21 heavy (non-hydrogen) atoms. The molecule has 2 rings (SSSR count). The first-order valence-corrected chi connectivity index (χ1v) is 9.42. The van der Waals surface area contributed by atoms with Gasteiger partial charge in [0.05, 0.1) is 0 Å². The van der Waals surface area contributed by atoms with E-state index in [0.717, 1.165) is 0 Å². The maximum absolute atomic E-state index is 13.2. The van der Waals surface area contributed by atoms with Crippen LogP contribution in [0.5, 0.6) is 0 Å². The first-order valence-electron chi connectivity index (χ1n) is 6.03. The molecule has 1 aromatic carbocycles. The third kappa shape index (κ3) is 3.72. The molecule has 0 radical (unpaired) electrons. The first kappa shape index (κ1) is 16.6. The molecule has 0 bridgehead atoms. The summed E-state index contributed by atoms with van der Waals surface area (Å²) in [5.41, 5.74) is 0.608. The van der Waals surface area contributed by atoms with Crippen LogP contribution in [0.25, 0.3) is 11.4 Å². The van der Waals surface area contributed by atoms with Gasteiger partial charge in [-0.05, 0) is 46.7 Å². The van der Waals surface area contributed by atoms with Gasteiger partial charge in [-0.3, -0.25) is 4.57 Å². The number of rotatable bonds is 4. The number of hydrogen-bond acceptors (Lipinski definition) is 4. The molecule has 0 fully saturated rings. The standard InChI is InChI=1S/C12H12ClFIN3O2S/c1-7(2)6-18-11(16-17-12(18)21(13,19)20)9-4-3-8(14)5-10(9)15/h3-5,7H,6H2,1-2H3. The summed E-state index contributed by atoms with van der Waals surface area (Å²) >= 11 is 1.97. The Hall–Kier alpha value is -0.740.